The average molecular weight is 401 g/mol. The number of ether oxygens (including phenoxy) is 1. The van der Waals surface area contributed by atoms with E-state index in [0.29, 0.717) is 22.7 Å². The molecule has 1 saturated carbocycles. The van der Waals surface area contributed by atoms with Crippen molar-refractivity contribution >= 4 is 34.1 Å². The molecule has 148 valence electrons. The van der Waals surface area contributed by atoms with Gasteiger partial charge in [-0.05, 0) is 56.9 Å². The third-order valence-electron chi connectivity index (χ3n) is 4.72. The van der Waals surface area contributed by atoms with Gasteiger partial charge in [-0.25, -0.2) is 4.79 Å². The number of hydrogen-bond acceptors (Lipinski definition) is 5. The highest BCUT2D eigenvalue weighted by Crippen LogP contribution is 2.33. The first-order chi connectivity index (χ1) is 13.4. The maximum absolute atomic E-state index is 12.6. The zero-order chi connectivity index (χ0) is 20.3. The van der Waals surface area contributed by atoms with E-state index >= 15 is 0 Å². The molecule has 2 N–H and O–H groups in total. The van der Waals surface area contributed by atoms with Gasteiger partial charge in [0.25, 0.3) is 5.91 Å². The van der Waals surface area contributed by atoms with Gasteiger partial charge >= 0.3 is 5.97 Å². The van der Waals surface area contributed by atoms with E-state index in [1.807, 2.05) is 26.0 Å². The number of benzene rings is 1. The predicted octanol–water partition coefficient (Wildman–Crippen LogP) is 3.82. The fourth-order valence-electron chi connectivity index (χ4n) is 2.79. The lowest BCUT2D eigenvalue weighted by atomic mass is 10.1. The zero-order valence-electron chi connectivity index (χ0n) is 16.3. The Morgan fingerprint density at radius 2 is 1.82 bits per heavy atom. The summed E-state index contributed by atoms with van der Waals surface area (Å²) in [6, 6.07) is 7.06. The molecule has 1 aromatic carbocycles. The van der Waals surface area contributed by atoms with Crippen LogP contribution < -0.4 is 10.6 Å². The molecule has 1 aromatic heterocycles. The topological polar surface area (TPSA) is 84.5 Å². The second-order valence-electron chi connectivity index (χ2n) is 6.85. The summed E-state index contributed by atoms with van der Waals surface area (Å²) in [5.41, 5.74) is 2.65. The summed E-state index contributed by atoms with van der Waals surface area (Å²) in [7, 11) is 0. The fourth-order valence-corrected chi connectivity index (χ4v) is 3.84. The van der Waals surface area contributed by atoms with Crippen molar-refractivity contribution in [3.8, 4) is 0 Å². The van der Waals surface area contributed by atoms with Crippen LogP contribution in [-0.2, 0) is 16.1 Å². The molecule has 0 radical (unpaired) electrons. The van der Waals surface area contributed by atoms with Gasteiger partial charge in [-0.2, -0.15) is 0 Å². The number of carbonyl (C=O) groups excluding carboxylic acids is 3. The Bertz CT molecular complexity index is 898. The van der Waals surface area contributed by atoms with Gasteiger partial charge in [0, 0.05) is 22.9 Å². The van der Waals surface area contributed by atoms with Crippen molar-refractivity contribution in [3.63, 3.8) is 0 Å². The molecule has 6 nitrogen and oxygen atoms in total. The van der Waals surface area contributed by atoms with Gasteiger partial charge in [0.2, 0.25) is 5.91 Å². The molecule has 0 atom stereocenters. The Labute approximate surface area is 168 Å². The van der Waals surface area contributed by atoms with E-state index in [-0.39, 0.29) is 24.3 Å². The Morgan fingerprint density at radius 3 is 2.43 bits per heavy atom. The van der Waals surface area contributed by atoms with E-state index in [9.17, 15) is 14.4 Å². The van der Waals surface area contributed by atoms with Gasteiger partial charge in [-0.3, -0.25) is 9.59 Å². The molecule has 1 heterocycles. The van der Waals surface area contributed by atoms with Crippen LogP contribution in [-0.4, -0.2) is 24.4 Å². The van der Waals surface area contributed by atoms with Gasteiger partial charge in [0.1, 0.15) is 5.00 Å². The lowest BCUT2D eigenvalue weighted by molar-refractivity contribution is -0.122. The number of anilines is 1. The number of aryl methyl sites for hydroxylation is 1. The summed E-state index contributed by atoms with van der Waals surface area (Å²) in [5.74, 6) is -0.449. The third kappa shape index (κ3) is 4.59. The lowest BCUT2D eigenvalue weighted by Crippen LogP contribution is -2.24. The molecule has 1 aliphatic rings. The summed E-state index contributed by atoms with van der Waals surface area (Å²) in [5, 5.41) is 6.23. The quantitative estimate of drug-likeness (QED) is 0.692. The average Bonchev–Trinajstić information content (AvgIpc) is 3.48. The van der Waals surface area contributed by atoms with Crippen molar-refractivity contribution in [1.29, 1.82) is 0 Å². The van der Waals surface area contributed by atoms with Gasteiger partial charge in [-0.15, -0.1) is 11.3 Å². The van der Waals surface area contributed by atoms with Crippen LogP contribution in [0.5, 0.6) is 0 Å². The number of thiophene rings is 1. The maximum atomic E-state index is 12.6. The molecule has 2 aromatic rings. The minimum Gasteiger partial charge on any atom is -0.462 e. The van der Waals surface area contributed by atoms with E-state index in [1.54, 1.807) is 19.1 Å². The van der Waals surface area contributed by atoms with Crippen LogP contribution in [0.2, 0.25) is 0 Å². The van der Waals surface area contributed by atoms with Crippen LogP contribution in [0.25, 0.3) is 0 Å². The van der Waals surface area contributed by atoms with E-state index in [4.69, 9.17) is 4.74 Å². The van der Waals surface area contributed by atoms with Crippen LogP contribution >= 0.6 is 11.3 Å². The summed E-state index contributed by atoms with van der Waals surface area (Å²) in [6.07, 6.45) is 1.95. The van der Waals surface area contributed by atoms with E-state index in [1.165, 1.54) is 11.3 Å². The van der Waals surface area contributed by atoms with Crippen LogP contribution in [0.1, 0.15) is 56.5 Å². The number of nitrogens with one attached hydrogen (secondary N) is 2. The summed E-state index contributed by atoms with van der Waals surface area (Å²) in [6.45, 7) is 6.23. The first kappa shape index (κ1) is 20.1. The standard InChI is InChI=1S/C21H24N2O4S/c1-4-27-21(26)17-12(2)13(3)28-20(17)23-19(25)16-7-5-14(6-8-16)11-22-18(24)15-9-10-15/h5-8,15H,4,9-11H2,1-3H3,(H,22,24)(H,23,25). The number of amides is 2. The molecular weight excluding hydrogens is 376 g/mol. The van der Waals surface area contributed by atoms with Crippen molar-refractivity contribution in [2.45, 2.75) is 40.2 Å². The van der Waals surface area contributed by atoms with Crippen LogP contribution in [0.15, 0.2) is 24.3 Å². The number of esters is 1. The molecule has 2 amide bonds. The number of hydrogen-bond donors (Lipinski definition) is 2. The maximum Gasteiger partial charge on any atom is 0.341 e. The molecule has 1 aliphatic carbocycles. The van der Waals surface area contributed by atoms with E-state index in [0.717, 1.165) is 28.8 Å². The van der Waals surface area contributed by atoms with Gasteiger partial charge < -0.3 is 15.4 Å². The Hall–Kier alpha value is -2.67. The zero-order valence-corrected chi connectivity index (χ0v) is 17.1. The van der Waals surface area contributed by atoms with Crippen LogP contribution in [0.4, 0.5) is 5.00 Å². The van der Waals surface area contributed by atoms with Gasteiger partial charge in [0.15, 0.2) is 0 Å². The molecule has 0 saturated heterocycles. The molecule has 28 heavy (non-hydrogen) atoms. The second kappa shape index (κ2) is 8.56. The molecule has 0 spiro atoms. The molecule has 7 heteroatoms. The van der Waals surface area contributed by atoms with E-state index in [2.05, 4.69) is 10.6 Å². The van der Waals surface area contributed by atoms with Gasteiger partial charge in [-0.1, -0.05) is 12.1 Å². The Balaban J connectivity index is 1.67. The number of rotatable bonds is 7. The van der Waals surface area contributed by atoms with Gasteiger partial charge in [0.05, 0.1) is 12.2 Å². The Kier molecular flexibility index (Phi) is 6.14. The number of carbonyl (C=O) groups is 3. The van der Waals surface area contributed by atoms with E-state index < -0.39 is 5.97 Å². The largest absolute Gasteiger partial charge is 0.462 e. The summed E-state index contributed by atoms with van der Waals surface area (Å²) >= 11 is 1.36. The molecule has 1 fully saturated rings. The normalized spacial score (nSPS) is 13.1. The highest BCUT2D eigenvalue weighted by Gasteiger charge is 2.29. The molecule has 0 unspecified atom stereocenters. The van der Waals surface area contributed by atoms with Crippen LogP contribution in [0.3, 0.4) is 0 Å². The van der Waals surface area contributed by atoms with Crippen molar-refractivity contribution in [2.24, 2.45) is 5.92 Å². The first-order valence-electron chi connectivity index (χ1n) is 9.35. The summed E-state index contributed by atoms with van der Waals surface area (Å²) in [4.78, 5) is 37.5. The molecule has 0 aliphatic heterocycles. The first-order valence-corrected chi connectivity index (χ1v) is 10.2. The predicted molar refractivity (Wildman–Crippen MR) is 109 cm³/mol. The van der Waals surface area contributed by atoms with Crippen molar-refractivity contribution in [1.82, 2.24) is 5.32 Å². The summed E-state index contributed by atoms with van der Waals surface area (Å²) < 4.78 is 5.12. The van der Waals surface area contributed by atoms with Crippen molar-refractivity contribution < 1.29 is 19.1 Å². The molecular formula is C21H24N2O4S. The Morgan fingerprint density at radius 1 is 1.14 bits per heavy atom. The molecule has 3 rings (SSSR count). The highest BCUT2D eigenvalue weighted by atomic mass is 32.1. The minimum atomic E-state index is -0.429. The lowest BCUT2D eigenvalue weighted by Gasteiger charge is -2.08. The fraction of sp³-hybridized carbons (Fsp3) is 0.381. The SMILES string of the molecule is CCOC(=O)c1c(NC(=O)c2ccc(CNC(=O)C3CC3)cc2)sc(C)c1C. The van der Waals surface area contributed by atoms with Crippen molar-refractivity contribution in [3.05, 3.63) is 51.4 Å². The monoisotopic (exact) mass is 400 g/mol. The highest BCUT2D eigenvalue weighted by molar-refractivity contribution is 7.16. The molecule has 0 bridgehead atoms. The van der Waals surface area contributed by atoms with Crippen molar-refractivity contribution in [2.75, 3.05) is 11.9 Å². The smallest absolute Gasteiger partial charge is 0.341 e. The van der Waals surface area contributed by atoms with Crippen LogP contribution in [0, 0.1) is 19.8 Å². The third-order valence-corrected chi connectivity index (χ3v) is 5.85. The second-order valence-corrected chi connectivity index (χ2v) is 8.08. The minimum absolute atomic E-state index is 0.0942.